The van der Waals surface area contributed by atoms with Crippen molar-refractivity contribution in [1.29, 1.82) is 0 Å². The van der Waals surface area contributed by atoms with Crippen molar-refractivity contribution in [2.75, 3.05) is 14.2 Å². The van der Waals surface area contributed by atoms with Gasteiger partial charge in [-0.2, -0.15) is 0 Å². The van der Waals surface area contributed by atoms with Crippen LogP contribution in [0.2, 0.25) is 0 Å². The quantitative estimate of drug-likeness (QED) is 0.376. The first-order valence-corrected chi connectivity index (χ1v) is 10.7. The number of ether oxygens (including phenoxy) is 6. The third-order valence-electron chi connectivity index (χ3n) is 6.37. The topological polar surface area (TPSA) is 174 Å². The zero-order valence-electron chi connectivity index (χ0n) is 18.6. The zero-order valence-corrected chi connectivity index (χ0v) is 18.6. The van der Waals surface area contributed by atoms with E-state index in [9.17, 15) is 30.3 Å². The summed E-state index contributed by atoms with van der Waals surface area (Å²) in [6.45, 7) is 0. The van der Waals surface area contributed by atoms with Gasteiger partial charge in [-0.25, -0.2) is 4.79 Å². The number of hydrogen-bond acceptors (Lipinski definition) is 11. The highest BCUT2D eigenvalue weighted by molar-refractivity contribution is 5.73. The van der Waals surface area contributed by atoms with Crippen LogP contribution in [0.15, 0.2) is 30.3 Å². The molecular weight excluding hydrogens is 468 g/mol. The van der Waals surface area contributed by atoms with Crippen molar-refractivity contribution in [2.24, 2.45) is 0 Å². The summed E-state index contributed by atoms with van der Waals surface area (Å²) in [5.41, 5.74) is 1.30. The summed E-state index contributed by atoms with van der Waals surface area (Å²) in [4.78, 5) is 11.3. The van der Waals surface area contributed by atoms with E-state index in [1.54, 1.807) is 18.2 Å². The lowest BCUT2D eigenvalue weighted by Crippen LogP contribution is -2.61. The van der Waals surface area contributed by atoms with Gasteiger partial charge in [-0.05, 0) is 18.2 Å². The molecule has 1 saturated heterocycles. The summed E-state index contributed by atoms with van der Waals surface area (Å²) in [5, 5.41) is 50.0. The number of aliphatic hydroxyl groups excluding tert-OH is 4. The Morgan fingerprint density at radius 1 is 0.914 bits per heavy atom. The molecule has 0 aromatic heterocycles. The van der Waals surface area contributed by atoms with Gasteiger partial charge in [0.2, 0.25) is 18.3 Å². The van der Waals surface area contributed by atoms with Crippen LogP contribution in [0.25, 0.3) is 0 Å². The van der Waals surface area contributed by atoms with Crippen molar-refractivity contribution in [1.82, 2.24) is 0 Å². The number of hydrogen-bond donors (Lipinski definition) is 5. The second kappa shape index (κ2) is 8.73. The third kappa shape index (κ3) is 3.70. The molecule has 12 nitrogen and oxygen atoms in total. The summed E-state index contributed by atoms with van der Waals surface area (Å²) in [7, 11) is 2.99. The highest BCUT2D eigenvalue weighted by Gasteiger charge is 2.49. The van der Waals surface area contributed by atoms with Gasteiger partial charge in [0.25, 0.3) is 0 Å². The summed E-state index contributed by atoms with van der Waals surface area (Å²) >= 11 is 0. The van der Waals surface area contributed by atoms with Crippen LogP contribution in [-0.2, 0) is 9.53 Å². The molecule has 8 atom stereocenters. The number of carbonyl (C=O) groups is 1. The number of aliphatic hydroxyl groups is 4. The van der Waals surface area contributed by atoms with Crippen molar-refractivity contribution in [2.45, 2.75) is 49.0 Å². The molecule has 0 unspecified atom stereocenters. The molecule has 35 heavy (non-hydrogen) atoms. The van der Waals surface area contributed by atoms with E-state index in [0.29, 0.717) is 28.4 Å². The highest BCUT2D eigenvalue weighted by Crippen LogP contribution is 2.57. The Hall–Kier alpha value is -3.29. The minimum Gasteiger partial charge on any atom is -0.493 e. The van der Waals surface area contributed by atoms with E-state index in [1.807, 2.05) is 0 Å². The second-order valence-corrected chi connectivity index (χ2v) is 8.34. The van der Waals surface area contributed by atoms with Crippen molar-refractivity contribution >= 4 is 5.97 Å². The average Bonchev–Trinajstić information content (AvgIpc) is 3.23. The van der Waals surface area contributed by atoms with E-state index < -0.39 is 55.0 Å². The molecule has 3 aliphatic rings. The molecule has 0 radical (unpaired) electrons. The molecule has 3 aliphatic heterocycles. The van der Waals surface area contributed by atoms with E-state index >= 15 is 0 Å². The van der Waals surface area contributed by atoms with Crippen LogP contribution < -0.4 is 23.7 Å². The molecule has 2 aromatic rings. The predicted octanol–water partition coefficient (Wildman–Crippen LogP) is -0.0971. The Bertz CT molecular complexity index is 1140. The third-order valence-corrected chi connectivity index (χ3v) is 6.37. The summed E-state index contributed by atoms with van der Waals surface area (Å²) in [6, 6.07) is 8.07. The summed E-state index contributed by atoms with van der Waals surface area (Å²) in [5.74, 6) is -0.432. The molecule has 0 amide bonds. The van der Waals surface area contributed by atoms with Gasteiger partial charge < -0.3 is 54.0 Å². The van der Waals surface area contributed by atoms with Crippen molar-refractivity contribution in [3.63, 3.8) is 0 Å². The molecule has 1 fully saturated rings. The largest absolute Gasteiger partial charge is 0.493 e. The van der Waals surface area contributed by atoms with E-state index in [4.69, 9.17) is 28.4 Å². The SMILES string of the molecule is COc1ccc2c(c1OC)O[C@H]1c3ccc(O[C@@H]4O[C@H](C(=O)O)[C@@H](O)[C@H](O)[C@H]4O)cc3O[C@H](O)[C@@H]21. The molecule has 5 N–H and O–H groups in total. The fourth-order valence-electron chi connectivity index (χ4n) is 4.63. The fourth-order valence-corrected chi connectivity index (χ4v) is 4.63. The van der Waals surface area contributed by atoms with E-state index in [2.05, 4.69) is 0 Å². The minimum absolute atomic E-state index is 0.0981. The Kier molecular flexibility index (Phi) is 5.85. The molecule has 0 spiro atoms. The number of fused-ring (bicyclic) bond motifs is 5. The summed E-state index contributed by atoms with van der Waals surface area (Å²) in [6.07, 6.45) is -10.6. The van der Waals surface area contributed by atoms with Gasteiger partial charge >= 0.3 is 5.97 Å². The maximum atomic E-state index is 11.3. The predicted molar refractivity (Wildman–Crippen MR) is 114 cm³/mol. The van der Waals surface area contributed by atoms with Crippen molar-refractivity contribution in [3.8, 4) is 28.7 Å². The van der Waals surface area contributed by atoms with Crippen LogP contribution >= 0.6 is 0 Å². The Labute approximate surface area is 198 Å². The normalized spacial score (nSPS) is 32.9. The van der Waals surface area contributed by atoms with E-state index in [1.165, 1.54) is 26.4 Å². The van der Waals surface area contributed by atoms with Crippen LogP contribution in [0.4, 0.5) is 0 Å². The van der Waals surface area contributed by atoms with Gasteiger partial charge in [-0.1, -0.05) is 6.07 Å². The van der Waals surface area contributed by atoms with Gasteiger partial charge in [0.15, 0.2) is 17.6 Å². The van der Waals surface area contributed by atoms with E-state index in [-0.39, 0.29) is 11.5 Å². The van der Waals surface area contributed by atoms with E-state index in [0.717, 1.165) is 0 Å². The fraction of sp³-hybridized carbons (Fsp3) is 0.435. The lowest BCUT2D eigenvalue weighted by molar-refractivity contribution is -0.271. The Morgan fingerprint density at radius 3 is 2.34 bits per heavy atom. The monoisotopic (exact) mass is 492 g/mol. The highest BCUT2D eigenvalue weighted by atomic mass is 16.7. The first-order valence-electron chi connectivity index (χ1n) is 10.7. The number of aliphatic carboxylic acids is 1. The Morgan fingerprint density at radius 2 is 1.66 bits per heavy atom. The lowest BCUT2D eigenvalue weighted by Gasteiger charge is -2.38. The first-order chi connectivity index (χ1) is 16.7. The molecule has 0 bridgehead atoms. The molecule has 0 saturated carbocycles. The number of rotatable bonds is 5. The van der Waals surface area contributed by atoms with Gasteiger partial charge in [0, 0.05) is 17.2 Å². The second-order valence-electron chi connectivity index (χ2n) is 8.34. The summed E-state index contributed by atoms with van der Waals surface area (Å²) < 4.78 is 33.4. The number of methoxy groups -OCH3 is 2. The molecule has 12 heteroatoms. The first kappa shape index (κ1) is 23.5. The lowest BCUT2D eigenvalue weighted by atomic mass is 9.88. The number of carboxylic acids is 1. The Balaban J connectivity index is 1.42. The maximum absolute atomic E-state index is 11.3. The van der Waals surface area contributed by atoms with Gasteiger partial charge in [0.1, 0.15) is 35.9 Å². The zero-order chi connectivity index (χ0) is 25.0. The molecule has 5 rings (SSSR count). The van der Waals surface area contributed by atoms with Crippen LogP contribution in [-0.4, -0.2) is 82.7 Å². The van der Waals surface area contributed by atoms with Crippen LogP contribution in [0, 0.1) is 0 Å². The molecule has 2 aromatic carbocycles. The maximum Gasteiger partial charge on any atom is 0.335 e. The van der Waals surface area contributed by atoms with Gasteiger partial charge in [-0.15, -0.1) is 0 Å². The van der Waals surface area contributed by atoms with Gasteiger partial charge in [0.05, 0.1) is 20.1 Å². The molecule has 188 valence electrons. The van der Waals surface area contributed by atoms with Crippen LogP contribution in [0.5, 0.6) is 28.7 Å². The smallest absolute Gasteiger partial charge is 0.335 e. The molecule has 0 aliphatic carbocycles. The number of benzene rings is 2. The number of carboxylic acid groups (broad SMARTS) is 1. The van der Waals surface area contributed by atoms with Crippen LogP contribution in [0.3, 0.4) is 0 Å². The standard InChI is InChI=1S/C23H24O12/c1-30-11-6-5-10-13-17(34-18(10)19(11)31-2)9-4-3-8(7-12(9)33-22(13)29)32-23-16(26)14(24)15(25)20(35-23)21(27)28/h3-7,13-17,20,22-26,29H,1-2H3,(H,27,28)/t13-,14-,15-,16+,17-,20-,22-,23+/m0/s1. The van der Waals surface area contributed by atoms with Crippen molar-refractivity contribution < 1.29 is 58.7 Å². The molecular formula is C23H24O12. The van der Waals surface area contributed by atoms with Crippen LogP contribution in [0.1, 0.15) is 23.1 Å². The minimum atomic E-state index is -1.84. The molecule has 3 heterocycles. The van der Waals surface area contributed by atoms with Gasteiger partial charge in [-0.3, -0.25) is 0 Å². The average molecular weight is 492 g/mol. The van der Waals surface area contributed by atoms with Crippen molar-refractivity contribution in [3.05, 3.63) is 41.5 Å².